The van der Waals surface area contributed by atoms with E-state index in [4.69, 9.17) is 0 Å². The molecule has 1 nitrogen and oxygen atoms in total. The van der Waals surface area contributed by atoms with Crippen LogP contribution in [-0.4, -0.2) is 7.11 Å². The summed E-state index contributed by atoms with van der Waals surface area (Å²) < 4.78 is 80.2. The maximum Gasteiger partial charge on any atom is 0.422 e. The third kappa shape index (κ3) is 1.81. The summed E-state index contributed by atoms with van der Waals surface area (Å²) in [6.07, 6.45) is -5.30. The molecular weight excluding hydrogens is 238 g/mol. The minimum absolute atomic E-state index is 0.728. The van der Waals surface area contributed by atoms with Gasteiger partial charge in [-0.2, -0.15) is 17.6 Å². The molecule has 0 aromatic heterocycles. The average molecular weight is 244 g/mol. The Morgan fingerprint density at radius 1 is 0.938 bits per heavy atom. The second-order valence-electron chi connectivity index (χ2n) is 2.97. The summed E-state index contributed by atoms with van der Waals surface area (Å²) >= 11 is 0. The number of ether oxygens (including phenoxy) is 1. The number of halogens is 6. The molecule has 0 heterocycles. The van der Waals surface area contributed by atoms with Crippen molar-refractivity contribution in [1.29, 1.82) is 0 Å². The minimum atomic E-state index is -5.30. The van der Waals surface area contributed by atoms with E-state index in [-0.39, 0.29) is 0 Å². The van der Waals surface area contributed by atoms with Crippen LogP contribution < -0.4 is 4.74 Å². The summed E-state index contributed by atoms with van der Waals surface area (Å²) in [4.78, 5) is 0. The van der Waals surface area contributed by atoms with Crippen LogP contribution in [0.2, 0.25) is 0 Å². The minimum Gasteiger partial charge on any atom is -0.493 e. The van der Waals surface area contributed by atoms with Gasteiger partial charge < -0.3 is 4.74 Å². The van der Waals surface area contributed by atoms with Crippen molar-refractivity contribution in [2.75, 3.05) is 7.11 Å². The lowest BCUT2D eigenvalue weighted by molar-refractivity contribution is -0.142. The van der Waals surface area contributed by atoms with Crippen molar-refractivity contribution in [3.8, 4) is 5.75 Å². The molecule has 1 aromatic rings. The molecule has 90 valence electrons. The van der Waals surface area contributed by atoms with Crippen LogP contribution in [0.1, 0.15) is 11.1 Å². The van der Waals surface area contributed by atoms with Crippen LogP contribution in [0.4, 0.5) is 26.3 Å². The molecule has 0 saturated heterocycles. The van der Waals surface area contributed by atoms with E-state index in [9.17, 15) is 26.3 Å². The van der Waals surface area contributed by atoms with E-state index in [0.717, 1.165) is 14.0 Å². The van der Waals surface area contributed by atoms with Gasteiger partial charge in [0.2, 0.25) is 5.82 Å². The van der Waals surface area contributed by atoms with Gasteiger partial charge >= 0.3 is 6.18 Å². The Morgan fingerprint density at radius 2 is 1.44 bits per heavy atom. The highest BCUT2D eigenvalue weighted by Crippen LogP contribution is 2.39. The van der Waals surface area contributed by atoms with Crippen LogP contribution in [-0.2, 0) is 6.18 Å². The number of benzene rings is 1. The summed E-state index contributed by atoms with van der Waals surface area (Å²) in [5.74, 6) is -6.90. The second kappa shape index (κ2) is 3.88. The van der Waals surface area contributed by atoms with Gasteiger partial charge in [-0.15, -0.1) is 0 Å². The molecule has 0 aliphatic carbocycles. The lowest BCUT2D eigenvalue weighted by Gasteiger charge is -2.14. The fourth-order valence-corrected chi connectivity index (χ4v) is 1.25. The summed E-state index contributed by atoms with van der Waals surface area (Å²) in [5.41, 5.74) is -2.97. The SMILES string of the molecule is COc1c(C)c(F)c(C(F)(F)F)c(F)c1F. The number of hydrogen-bond donors (Lipinski definition) is 0. The molecular formula is C9H6F6O. The predicted octanol–water partition coefficient (Wildman–Crippen LogP) is 3.44. The Bertz CT molecular complexity index is 394. The first-order valence-electron chi connectivity index (χ1n) is 4.00. The Hall–Kier alpha value is -1.40. The Kier molecular flexibility index (Phi) is 3.07. The number of hydrogen-bond acceptors (Lipinski definition) is 1. The van der Waals surface area contributed by atoms with Gasteiger partial charge in [-0.05, 0) is 6.92 Å². The van der Waals surface area contributed by atoms with Crippen molar-refractivity contribution in [2.45, 2.75) is 13.1 Å². The zero-order valence-corrected chi connectivity index (χ0v) is 8.18. The van der Waals surface area contributed by atoms with Gasteiger partial charge in [0, 0.05) is 5.56 Å². The molecule has 0 unspecified atom stereocenters. The van der Waals surface area contributed by atoms with Gasteiger partial charge in [-0.25, -0.2) is 8.78 Å². The molecule has 0 fully saturated rings. The van der Waals surface area contributed by atoms with E-state index < -0.39 is 40.5 Å². The lowest BCUT2D eigenvalue weighted by atomic mass is 10.1. The molecule has 0 aliphatic rings. The molecule has 0 radical (unpaired) electrons. The number of alkyl halides is 3. The van der Waals surface area contributed by atoms with E-state index in [0.29, 0.717) is 0 Å². The van der Waals surface area contributed by atoms with E-state index in [1.165, 1.54) is 0 Å². The number of methoxy groups -OCH3 is 1. The first-order chi connectivity index (χ1) is 7.21. The molecule has 1 rings (SSSR count). The van der Waals surface area contributed by atoms with Crippen molar-refractivity contribution in [3.63, 3.8) is 0 Å². The lowest BCUT2D eigenvalue weighted by Crippen LogP contribution is -2.15. The summed E-state index contributed by atoms with van der Waals surface area (Å²) in [7, 11) is 0.900. The molecule has 0 amide bonds. The quantitative estimate of drug-likeness (QED) is 0.543. The Labute approximate surface area is 86.6 Å². The van der Waals surface area contributed by atoms with Crippen molar-refractivity contribution in [2.24, 2.45) is 0 Å². The van der Waals surface area contributed by atoms with Crippen molar-refractivity contribution in [1.82, 2.24) is 0 Å². The highest BCUT2D eigenvalue weighted by molar-refractivity contribution is 5.41. The Morgan fingerprint density at radius 3 is 1.81 bits per heavy atom. The van der Waals surface area contributed by atoms with Gasteiger partial charge in [0.25, 0.3) is 0 Å². The van der Waals surface area contributed by atoms with E-state index in [2.05, 4.69) is 4.74 Å². The summed E-state index contributed by atoms with van der Waals surface area (Å²) in [5, 5.41) is 0. The zero-order chi connectivity index (χ0) is 12.7. The second-order valence-corrected chi connectivity index (χ2v) is 2.97. The normalized spacial score (nSPS) is 11.8. The zero-order valence-electron chi connectivity index (χ0n) is 8.18. The van der Waals surface area contributed by atoms with Crippen LogP contribution in [0, 0.1) is 24.4 Å². The maximum absolute atomic E-state index is 13.2. The highest BCUT2D eigenvalue weighted by atomic mass is 19.4. The van der Waals surface area contributed by atoms with E-state index in [1.807, 2.05) is 0 Å². The molecule has 0 spiro atoms. The maximum atomic E-state index is 13.2. The van der Waals surface area contributed by atoms with Gasteiger partial charge in [0.1, 0.15) is 11.4 Å². The third-order valence-corrected chi connectivity index (χ3v) is 1.99. The van der Waals surface area contributed by atoms with Crippen LogP contribution in [0.5, 0.6) is 5.75 Å². The Balaban J connectivity index is 3.67. The van der Waals surface area contributed by atoms with Crippen LogP contribution in [0.3, 0.4) is 0 Å². The van der Waals surface area contributed by atoms with Crippen molar-refractivity contribution >= 4 is 0 Å². The number of rotatable bonds is 1. The predicted molar refractivity (Wildman–Crippen MR) is 42.6 cm³/mol. The summed E-state index contributed by atoms with van der Waals surface area (Å²) in [6, 6.07) is 0. The molecule has 0 saturated carbocycles. The topological polar surface area (TPSA) is 9.23 Å². The first kappa shape index (κ1) is 12.7. The first-order valence-corrected chi connectivity index (χ1v) is 4.00. The van der Waals surface area contributed by atoms with Crippen molar-refractivity contribution in [3.05, 3.63) is 28.6 Å². The van der Waals surface area contributed by atoms with Gasteiger partial charge in [-0.3, -0.25) is 0 Å². The molecule has 0 atom stereocenters. The molecule has 0 bridgehead atoms. The largest absolute Gasteiger partial charge is 0.493 e. The van der Waals surface area contributed by atoms with Gasteiger partial charge in [-0.1, -0.05) is 0 Å². The van der Waals surface area contributed by atoms with E-state index >= 15 is 0 Å². The third-order valence-electron chi connectivity index (χ3n) is 1.99. The van der Waals surface area contributed by atoms with Crippen LogP contribution in [0.15, 0.2) is 0 Å². The van der Waals surface area contributed by atoms with Gasteiger partial charge in [0.15, 0.2) is 11.6 Å². The average Bonchev–Trinajstić information content (AvgIpc) is 2.14. The van der Waals surface area contributed by atoms with E-state index in [1.54, 1.807) is 0 Å². The van der Waals surface area contributed by atoms with Crippen LogP contribution in [0.25, 0.3) is 0 Å². The fraction of sp³-hybridized carbons (Fsp3) is 0.333. The fourth-order valence-electron chi connectivity index (χ4n) is 1.25. The van der Waals surface area contributed by atoms with Crippen molar-refractivity contribution < 1.29 is 31.1 Å². The smallest absolute Gasteiger partial charge is 0.422 e. The molecule has 7 heteroatoms. The monoisotopic (exact) mass is 244 g/mol. The molecule has 1 aromatic carbocycles. The molecule has 0 N–H and O–H groups in total. The molecule has 0 aliphatic heterocycles. The summed E-state index contributed by atoms with van der Waals surface area (Å²) in [6.45, 7) is 0.867. The van der Waals surface area contributed by atoms with Gasteiger partial charge in [0.05, 0.1) is 7.11 Å². The standard InChI is InChI=1S/C9H6F6O/c1-3-5(10)4(9(13,14)15)6(11)7(12)8(3)16-2/h1-2H3. The highest BCUT2D eigenvalue weighted by Gasteiger charge is 2.41. The van der Waals surface area contributed by atoms with Crippen LogP contribution >= 0.6 is 0 Å². The molecule has 16 heavy (non-hydrogen) atoms.